The Balaban J connectivity index is 1.77. The highest BCUT2D eigenvalue weighted by Crippen LogP contribution is 2.37. The van der Waals surface area contributed by atoms with Gasteiger partial charge in [0.1, 0.15) is 5.76 Å². The molecule has 88 valence electrons. The maximum Gasteiger partial charge on any atom is 0.108 e. The van der Waals surface area contributed by atoms with Gasteiger partial charge in [-0.1, -0.05) is 0 Å². The molecule has 1 aliphatic carbocycles. The zero-order chi connectivity index (χ0) is 11.0. The third-order valence-electron chi connectivity index (χ3n) is 4.11. The summed E-state index contributed by atoms with van der Waals surface area (Å²) in [4.78, 5) is 2.60. The average molecular weight is 220 g/mol. The van der Waals surface area contributed by atoms with Gasteiger partial charge in [0.15, 0.2) is 0 Å². The van der Waals surface area contributed by atoms with Crippen molar-refractivity contribution in [3.05, 3.63) is 23.7 Å². The Bertz CT molecular complexity index is 361. The quantitative estimate of drug-likeness (QED) is 0.828. The molecule has 0 bridgehead atoms. The van der Waals surface area contributed by atoms with Crippen LogP contribution in [0, 0.1) is 5.92 Å². The first-order valence-electron chi connectivity index (χ1n) is 6.39. The second kappa shape index (κ2) is 4.22. The predicted molar refractivity (Wildman–Crippen MR) is 63.1 cm³/mol. The molecule has 0 saturated carbocycles. The average Bonchev–Trinajstić information content (AvgIpc) is 2.97. The van der Waals surface area contributed by atoms with Crippen LogP contribution in [0.3, 0.4) is 0 Å². The lowest BCUT2D eigenvalue weighted by molar-refractivity contribution is 0.209. The van der Waals surface area contributed by atoms with Gasteiger partial charge in [0.2, 0.25) is 0 Å². The highest BCUT2D eigenvalue weighted by Gasteiger charge is 2.32. The molecule has 2 unspecified atom stereocenters. The Hall–Kier alpha value is -0.800. The lowest BCUT2D eigenvalue weighted by Crippen LogP contribution is -2.29. The van der Waals surface area contributed by atoms with Crippen molar-refractivity contribution in [2.24, 2.45) is 11.7 Å². The van der Waals surface area contributed by atoms with E-state index in [0.29, 0.717) is 12.0 Å². The number of rotatable bonds is 2. The molecule has 0 radical (unpaired) electrons. The molecule has 3 nitrogen and oxygen atoms in total. The van der Waals surface area contributed by atoms with Crippen LogP contribution in [0.5, 0.6) is 0 Å². The van der Waals surface area contributed by atoms with Crippen LogP contribution in [0.4, 0.5) is 0 Å². The summed E-state index contributed by atoms with van der Waals surface area (Å²) in [5.41, 5.74) is 7.19. The Morgan fingerprint density at radius 2 is 2.38 bits per heavy atom. The van der Waals surface area contributed by atoms with Gasteiger partial charge in [0.05, 0.1) is 6.26 Å². The standard InChI is InChI=1S/C13H20N2O/c14-8-10-4-6-15(9-10)12-2-1-3-13-11(12)5-7-16-13/h5,7,10,12H,1-4,6,8-9,14H2. The molecule has 0 aromatic carbocycles. The van der Waals surface area contributed by atoms with Gasteiger partial charge in [-0.15, -0.1) is 0 Å². The van der Waals surface area contributed by atoms with Gasteiger partial charge in [0.25, 0.3) is 0 Å². The third kappa shape index (κ3) is 1.68. The molecule has 1 aliphatic heterocycles. The van der Waals surface area contributed by atoms with Crippen LogP contribution in [-0.2, 0) is 6.42 Å². The molecule has 1 aromatic heterocycles. The highest BCUT2D eigenvalue weighted by atomic mass is 16.3. The summed E-state index contributed by atoms with van der Waals surface area (Å²) in [6.45, 7) is 3.21. The molecule has 1 saturated heterocycles. The van der Waals surface area contributed by atoms with Crippen LogP contribution >= 0.6 is 0 Å². The summed E-state index contributed by atoms with van der Waals surface area (Å²) >= 11 is 0. The molecule has 3 heteroatoms. The minimum Gasteiger partial charge on any atom is -0.469 e. The molecule has 2 atom stereocenters. The fraction of sp³-hybridized carbons (Fsp3) is 0.692. The minimum absolute atomic E-state index is 0.596. The van der Waals surface area contributed by atoms with Crippen molar-refractivity contribution in [2.75, 3.05) is 19.6 Å². The van der Waals surface area contributed by atoms with Crippen molar-refractivity contribution in [1.29, 1.82) is 0 Å². The van der Waals surface area contributed by atoms with Crippen molar-refractivity contribution < 1.29 is 4.42 Å². The molecular formula is C13H20N2O. The predicted octanol–water partition coefficient (Wildman–Crippen LogP) is 1.94. The fourth-order valence-corrected chi connectivity index (χ4v) is 3.18. The van der Waals surface area contributed by atoms with Crippen molar-refractivity contribution in [2.45, 2.75) is 31.7 Å². The monoisotopic (exact) mass is 220 g/mol. The zero-order valence-corrected chi connectivity index (χ0v) is 9.69. The van der Waals surface area contributed by atoms with Crippen molar-refractivity contribution in [3.63, 3.8) is 0 Å². The molecule has 1 fully saturated rings. The number of nitrogens with two attached hydrogens (primary N) is 1. The van der Waals surface area contributed by atoms with Crippen LogP contribution in [-0.4, -0.2) is 24.5 Å². The van der Waals surface area contributed by atoms with Crippen LogP contribution < -0.4 is 5.73 Å². The van der Waals surface area contributed by atoms with Crippen molar-refractivity contribution in [1.82, 2.24) is 4.90 Å². The van der Waals surface area contributed by atoms with Crippen LogP contribution in [0.25, 0.3) is 0 Å². The Morgan fingerprint density at radius 3 is 3.19 bits per heavy atom. The van der Waals surface area contributed by atoms with E-state index in [1.807, 2.05) is 6.26 Å². The first kappa shape index (κ1) is 10.4. The van der Waals surface area contributed by atoms with E-state index in [1.54, 1.807) is 0 Å². The lowest BCUT2D eigenvalue weighted by Gasteiger charge is -2.30. The second-order valence-corrected chi connectivity index (χ2v) is 5.09. The zero-order valence-electron chi connectivity index (χ0n) is 9.69. The van der Waals surface area contributed by atoms with E-state index < -0.39 is 0 Å². The molecule has 0 spiro atoms. The number of aryl methyl sites for hydroxylation is 1. The number of nitrogens with zero attached hydrogens (tertiary/aromatic N) is 1. The summed E-state index contributed by atoms with van der Waals surface area (Å²) < 4.78 is 5.55. The fourth-order valence-electron chi connectivity index (χ4n) is 3.18. The smallest absolute Gasteiger partial charge is 0.108 e. The van der Waals surface area contributed by atoms with Crippen molar-refractivity contribution in [3.8, 4) is 0 Å². The van der Waals surface area contributed by atoms with Gasteiger partial charge in [-0.25, -0.2) is 0 Å². The van der Waals surface area contributed by atoms with Crippen LogP contribution in [0.15, 0.2) is 16.7 Å². The van der Waals surface area contributed by atoms with Crippen molar-refractivity contribution >= 4 is 0 Å². The van der Waals surface area contributed by atoms with Gasteiger partial charge in [0, 0.05) is 24.6 Å². The van der Waals surface area contributed by atoms with Gasteiger partial charge >= 0.3 is 0 Å². The molecule has 2 heterocycles. The van der Waals surface area contributed by atoms with Gasteiger partial charge < -0.3 is 10.2 Å². The van der Waals surface area contributed by atoms with E-state index in [9.17, 15) is 0 Å². The molecule has 16 heavy (non-hydrogen) atoms. The topological polar surface area (TPSA) is 42.4 Å². The minimum atomic E-state index is 0.596. The largest absolute Gasteiger partial charge is 0.469 e. The Morgan fingerprint density at radius 1 is 1.44 bits per heavy atom. The molecular weight excluding hydrogens is 200 g/mol. The maximum absolute atomic E-state index is 5.76. The van der Waals surface area contributed by atoms with E-state index in [4.69, 9.17) is 10.2 Å². The van der Waals surface area contributed by atoms with E-state index in [-0.39, 0.29) is 0 Å². The molecule has 0 amide bonds. The van der Waals surface area contributed by atoms with E-state index >= 15 is 0 Å². The molecule has 2 aliphatic rings. The lowest BCUT2D eigenvalue weighted by atomic mass is 9.92. The van der Waals surface area contributed by atoms with Gasteiger partial charge in [-0.05, 0) is 44.3 Å². The summed E-state index contributed by atoms with van der Waals surface area (Å²) in [7, 11) is 0. The van der Waals surface area contributed by atoms with Gasteiger partial charge in [-0.3, -0.25) is 4.90 Å². The first-order valence-corrected chi connectivity index (χ1v) is 6.39. The first-order chi connectivity index (χ1) is 7.88. The van der Waals surface area contributed by atoms with Gasteiger partial charge in [-0.2, -0.15) is 0 Å². The Labute approximate surface area is 96.6 Å². The second-order valence-electron chi connectivity index (χ2n) is 5.09. The summed E-state index contributed by atoms with van der Waals surface area (Å²) in [5, 5.41) is 0. The summed E-state index contributed by atoms with van der Waals surface area (Å²) in [5.74, 6) is 1.92. The maximum atomic E-state index is 5.76. The third-order valence-corrected chi connectivity index (χ3v) is 4.11. The van der Waals surface area contributed by atoms with Crippen LogP contribution in [0.2, 0.25) is 0 Å². The summed E-state index contributed by atoms with van der Waals surface area (Å²) in [6, 6.07) is 2.76. The molecule has 2 N–H and O–H groups in total. The number of hydrogen-bond acceptors (Lipinski definition) is 3. The van der Waals surface area contributed by atoms with E-state index in [1.165, 1.54) is 43.7 Å². The summed E-state index contributed by atoms with van der Waals surface area (Å²) in [6.07, 6.45) is 6.77. The van der Waals surface area contributed by atoms with E-state index in [0.717, 1.165) is 13.0 Å². The van der Waals surface area contributed by atoms with E-state index in [2.05, 4.69) is 11.0 Å². The number of fused-ring (bicyclic) bond motifs is 1. The number of likely N-dealkylation sites (tertiary alicyclic amines) is 1. The number of furan rings is 1. The Kier molecular flexibility index (Phi) is 2.74. The van der Waals surface area contributed by atoms with Crippen LogP contribution in [0.1, 0.15) is 36.6 Å². The SMILES string of the molecule is NCC1CCN(C2CCCc3occc32)C1. The highest BCUT2D eigenvalue weighted by molar-refractivity contribution is 5.24. The number of hydrogen-bond donors (Lipinski definition) is 1. The normalized spacial score (nSPS) is 30.6. The molecule has 1 aromatic rings. The molecule has 3 rings (SSSR count).